The van der Waals surface area contributed by atoms with Crippen LogP contribution in [0.2, 0.25) is 0 Å². The first-order chi connectivity index (χ1) is 12.3. The van der Waals surface area contributed by atoms with Gasteiger partial charge in [-0.1, -0.05) is 16.9 Å². The number of hydrogen-bond donors (Lipinski definition) is 4. The van der Waals surface area contributed by atoms with Crippen molar-refractivity contribution in [3.05, 3.63) is 0 Å². The first-order valence-corrected chi connectivity index (χ1v) is 12.0. The van der Waals surface area contributed by atoms with Crippen molar-refractivity contribution in [2.45, 2.75) is 49.1 Å². The summed E-state index contributed by atoms with van der Waals surface area (Å²) < 4.78 is 63.1. The van der Waals surface area contributed by atoms with Crippen LogP contribution in [-0.2, 0) is 29.3 Å². The van der Waals surface area contributed by atoms with Gasteiger partial charge >= 0.3 is 0 Å². The lowest BCUT2D eigenvalue weighted by molar-refractivity contribution is -0.205. The fourth-order valence-electron chi connectivity index (χ4n) is 2.15. The van der Waals surface area contributed by atoms with Crippen LogP contribution in [0.1, 0.15) is 19.3 Å². The Morgan fingerprint density at radius 3 is 2.30 bits per heavy atom. The van der Waals surface area contributed by atoms with Crippen molar-refractivity contribution in [1.82, 2.24) is 0 Å². The van der Waals surface area contributed by atoms with Crippen LogP contribution < -0.4 is 0 Å². The van der Waals surface area contributed by atoms with Crippen LogP contribution in [0.3, 0.4) is 0 Å². The van der Waals surface area contributed by atoms with Crippen LogP contribution in [0, 0.1) is 0 Å². The van der Waals surface area contributed by atoms with Crippen LogP contribution in [0.25, 0.3) is 0 Å². The molecule has 1 aliphatic rings. The average Bonchev–Trinajstić information content (AvgIpc) is 2.54. The molecule has 12 nitrogen and oxygen atoms in total. The Labute approximate surface area is 161 Å². The molecule has 0 bridgehead atoms. The molecule has 27 heavy (non-hydrogen) atoms. The van der Waals surface area contributed by atoms with Gasteiger partial charge in [-0.2, -0.15) is 8.42 Å². The molecule has 160 valence electrons. The van der Waals surface area contributed by atoms with Gasteiger partial charge in [-0.25, -0.2) is 8.42 Å². The van der Waals surface area contributed by atoms with Gasteiger partial charge in [-0.15, -0.1) is 0 Å². The number of oxime groups is 1. The monoisotopic (exact) mass is 452 g/mol. The number of aliphatic hydroxyl groups is 4. The molecule has 1 fully saturated rings. The predicted octanol–water partition coefficient (Wildman–Crippen LogP) is -2.48. The Morgan fingerprint density at radius 1 is 1.15 bits per heavy atom. The minimum absolute atomic E-state index is 0.00920. The summed E-state index contributed by atoms with van der Waals surface area (Å²) in [6.07, 6.45) is -4.52. The van der Waals surface area contributed by atoms with E-state index in [9.17, 15) is 36.7 Å². The third-order valence-corrected chi connectivity index (χ3v) is 5.95. The minimum Gasteiger partial charge on any atom is -0.714 e. The first-order valence-electron chi connectivity index (χ1n) is 7.70. The highest BCUT2D eigenvalue weighted by Crippen LogP contribution is 2.30. The molecule has 0 aromatic carbocycles. The number of sulfone groups is 1. The van der Waals surface area contributed by atoms with Crippen molar-refractivity contribution in [3.8, 4) is 0 Å². The van der Waals surface area contributed by atoms with Gasteiger partial charge in [-0.3, -0.25) is 4.28 Å². The third kappa shape index (κ3) is 9.01. The Kier molecular flexibility index (Phi) is 9.36. The predicted molar refractivity (Wildman–Crippen MR) is 93.1 cm³/mol. The Hall–Kier alpha value is -0.520. The van der Waals surface area contributed by atoms with E-state index in [1.165, 1.54) is 0 Å². The molecule has 0 radical (unpaired) electrons. The smallest absolute Gasteiger partial charge is 0.284 e. The second-order valence-corrected chi connectivity index (χ2v) is 10.3. The summed E-state index contributed by atoms with van der Waals surface area (Å²) in [7, 11) is -8.34. The number of rotatable bonds is 9. The zero-order chi connectivity index (χ0) is 20.8. The number of ether oxygens (including phenoxy) is 1. The van der Waals surface area contributed by atoms with E-state index in [-0.39, 0.29) is 30.1 Å². The summed E-state index contributed by atoms with van der Waals surface area (Å²) in [6.45, 7) is -0.658. The normalized spacial score (nSPS) is 30.3. The van der Waals surface area contributed by atoms with Gasteiger partial charge < -0.3 is 29.7 Å². The van der Waals surface area contributed by atoms with Crippen LogP contribution in [-0.4, -0.2) is 95.3 Å². The van der Waals surface area contributed by atoms with Gasteiger partial charge in [0.05, 0.1) is 6.61 Å². The topological polar surface area (TPSA) is 203 Å². The molecule has 0 aromatic heterocycles. The second kappa shape index (κ2) is 10.3. The van der Waals surface area contributed by atoms with Gasteiger partial charge in [0, 0.05) is 12.0 Å². The maximum absolute atomic E-state index is 11.1. The summed E-state index contributed by atoms with van der Waals surface area (Å²) in [6, 6.07) is 0. The summed E-state index contributed by atoms with van der Waals surface area (Å²) in [5.74, 6) is -0.119. The molecule has 0 aromatic rings. The molecule has 1 aliphatic heterocycles. The van der Waals surface area contributed by atoms with Crippen molar-refractivity contribution in [2.75, 3.05) is 18.6 Å². The molecular formula is C12H22NO11S3-. The number of nitrogens with zero attached hydrogens (tertiary/aromatic N) is 1. The number of unbranched alkanes of at least 4 members (excludes halogenated alkanes) is 1. The molecule has 1 rings (SSSR count). The van der Waals surface area contributed by atoms with Gasteiger partial charge in [0.2, 0.25) is 0 Å². The molecule has 15 heteroatoms. The molecule has 4 N–H and O–H groups in total. The van der Waals surface area contributed by atoms with E-state index in [1.807, 2.05) is 0 Å². The van der Waals surface area contributed by atoms with Gasteiger partial charge in [-0.05, 0) is 19.3 Å². The molecule has 0 unspecified atom stereocenters. The van der Waals surface area contributed by atoms with E-state index in [2.05, 4.69) is 9.44 Å². The van der Waals surface area contributed by atoms with E-state index in [0.717, 1.165) is 6.26 Å². The van der Waals surface area contributed by atoms with Crippen LogP contribution in [0.5, 0.6) is 0 Å². The lowest BCUT2D eigenvalue weighted by Gasteiger charge is -2.39. The summed E-state index contributed by atoms with van der Waals surface area (Å²) >= 11 is 0.615. The Morgan fingerprint density at radius 2 is 1.78 bits per heavy atom. The minimum atomic E-state index is -5.14. The SMILES string of the molecule is CS(=O)(=O)CCCCC(=NOS(=O)(=O)[O-])S[C@@H]1O[C@H](CO)[C@@H](O)[C@H](O)[C@H]1O. The zero-order valence-electron chi connectivity index (χ0n) is 14.2. The van der Waals surface area contributed by atoms with Gasteiger partial charge in [0.25, 0.3) is 10.4 Å². The molecule has 0 amide bonds. The van der Waals surface area contributed by atoms with E-state index in [4.69, 9.17) is 9.84 Å². The Balaban J connectivity index is 2.82. The maximum atomic E-state index is 11.1. The quantitative estimate of drug-likeness (QED) is 0.0717. The van der Waals surface area contributed by atoms with E-state index < -0.39 is 56.7 Å². The number of aliphatic hydroxyl groups excluding tert-OH is 4. The highest BCUT2D eigenvalue weighted by atomic mass is 32.3. The number of thioether (sulfide) groups is 1. The largest absolute Gasteiger partial charge is 0.714 e. The van der Waals surface area contributed by atoms with Crippen molar-refractivity contribution in [3.63, 3.8) is 0 Å². The lowest BCUT2D eigenvalue weighted by atomic mass is 10.0. The molecule has 5 atom stereocenters. The van der Waals surface area contributed by atoms with Crippen molar-refractivity contribution < 1.29 is 50.8 Å². The second-order valence-electron chi connectivity index (χ2n) is 5.87. The van der Waals surface area contributed by atoms with E-state index in [0.29, 0.717) is 11.8 Å². The van der Waals surface area contributed by atoms with Crippen molar-refractivity contribution in [1.29, 1.82) is 0 Å². The van der Waals surface area contributed by atoms with Crippen LogP contribution in [0.15, 0.2) is 5.16 Å². The van der Waals surface area contributed by atoms with Gasteiger partial charge in [0.1, 0.15) is 44.7 Å². The van der Waals surface area contributed by atoms with Crippen LogP contribution in [0.4, 0.5) is 0 Å². The van der Waals surface area contributed by atoms with Crippen molar-refractivity contribution in [2.24, 2.45) is 5.16 Å². The number of hydrogen-bond acceptors (Lipinski definition) is 13. The molecule has 0 saturated carbocycles. The molecule has 0 aliphatic carbocycles. The van der Waals surface area contributed by atoms with Crippen LogP contribution >= 0.6 is 11.8 Å². The fraction of sp³-hybridized carbons (Fsp3) is 0.917. The zero-order valence-corrected chi connectivity index (χ0v) is 16.7. The highest BCUT2D eigenvalue weighted by Gasteiger charge is 2.44. The van der Waals surface area contributed by atoms with E-state index >= 15 is 0 Å². The molecule has 1 heterocycles. The summed E-state index contributed by atoms with van der Waals surface area (Å²) in [4.78, 5) is 0. The summed E-state index contributed by atoms with van der Waals surface area (Å²) in [5, 5.41) is 41.7. The standard InChI is InChI=1S/C12H23NO11S3/c1-26(18,19)5-3-2-4-8(13-24-27(20,21)22)25-12-11(17)10(16)9(15)7(6-14)23-12/h7,9-12,14-17H,2-6H2,1H3,(H,20,21,22)/p-1/t7-,9-,10+,11-,12+/m1/s1. The fourth-order valence-corrected chi connectivity index (χ4v) is 4.22. The first kappa shape index (κ1) is 24.5. The Bertz CT molecular complexity index is 706. The molecular weight excluding hydrogens is 430 g/mol. The summed E-state index contributed by atoms with van der Waals surface area (Å²) in [5.41, 5.74) is -1.26. The lowest BCUT2D eigenvalue weighted by Crippen LogP contribution is -2.57. The maximum Gasteiger partial charge on any atom is 0.284 e. The highest BCUT2D eigenvalue weighted by molar-refractivity contribution is 8.14. The van der Waals surface area contributed by atoms with Crippen molar-refractivity contribution >= 4 is 37.0 Å². The average molecular weight is 453 g/mol. The van der Waals surface area contributed by atoms with E-state index in [1.54, 1.807) is 0 Å². The van der Waals surface area contributed by atoms with Gasteiger partial charge in [0.15, 0.2) is 0 Å². The molecule has 1 saturated heterocycles. The third-order valence-electron chi connectivity index (χ3n) is 3.49. The molecule has 0 spiro atoms.